The van der Waals surface area contributed by atoms with Crippen LogP contribution in [0.3, 0.4) is 0 Å². The highest BCUT2D eigenvalue weighted by molar-refractivity contribution is 9.10. The summed E-state index contributed by atoms with van der Waals surface area (Å²) in [6.45, 7) is 0. The van der Waals surface area contributed by atoms with Crippen molar-refractivity contribution in [3.63, 3.8) is 0 Å². The summed E-state index contributed by atoms with van der Waals surface area (Å²) >= 11 is 3.56. The summed E-state index contributed by atoms with van der Waals surface area (Å²) in [5, 5.41) is 11.7. The highest BCUT2D eigenvalue weighted by atomic mass is 79.9. The summed E-state index contributed by atoms with van der Waals surface area (Å²) in [6, 6.07) is 14.9. The van der Waals surface area contributed by atoms with Crippen molar-refractivity contribution < 1.29 is 0 Å². The molecule has 2 aromatic carbocycles. The highest BCUT2D eigenvalue weighted by Crippen LogP contribution is 2.50. The van der Waals surface area contributed by atoms with Crippen molar-refractivity contribution in [2.75, 3.05) is 0 Å². The lowest BCUT2D eigenvalue weighted by Gasteiger charge is -2.11. The zero-order chi connectivity index (χ0) is 11.2. The van der Waals surface area contributed by atoms with Crippen molar-refractivity contribution in [2.45, 2.75) is 18.3 Å². The SMILES string of the molecule is N#CC1(c2ccc(Br)c3ccccc23)CC1. The van der Waals surface area contributed by atoms with E-state index in [1.54, 1.807) is 0 Å². The van der Waals surface area contributed by atoms with Crippen molar-refractivity contribution in [3.05, 3.63) is 46.4 Å². The van der Waals surface area contributed by atoms with E-state index < -0.39 is 0 Å². The summed E-state index contributed by atoms with van der Waals surface area (Å²) in [5.41, 5.74) is 0.981. The Hall–Kier alpha value is -1.33. The first-order valence-electron chi connectivity index (χ1n) is 5.36. The molecule has 0 heterocycles. The molecule has 0 radical (unpaired) electrons. The summed E-state index contributed by atoms with van der Waals surface area (Å²) in [7, 11) is 0. The number of fused-ring (bicyclic) bond motifs is 1. The van der Waals surface area contributed by atoms with E-state index in [0.717, 1.165) is 17.3 Å². The van der Waals surface area contributed by atoms with Gasteiger partial charge in [-0.15, -0.1) is 0 Å². The third kappa shape index (κ3) is 1.28. The largest absolute Gasteiger partial charge is 0.197 e. The number of hydrogen-bond donors (Lipinski definition) is 0. The van der Waals surface area contributed by atoms with Crippen LogP contribution in [-0.4, -0.2) is 0 Å². The van der Waals surface area contributed by atoms with E-state index in [4.69, 9.17) is 0 Å². The Morgan fingerprint density at radius 1 is 1.06 bits per heavy atom. The third-order valence-electron chi connectivity index (χ3n) is 3.35. The minimum atomic E-state index is -0.208. The summed E-state index contributed by atoms with van der Waals surface area (Å²) < 4.78 is 1.10. The summed E-state index contributed by atoms with van der Waals surface area (Å²) in [4.78, 5) is 0. The van der Waals surface area contributed by atoms with Gasteiger partial charge in [-0.2, -0.15) is 5.26 Å². The van der Waals surface area contributed by atoms with E-state index in [0.29, 0.717) is 0 Å². The first kappa shape index (κ1) is 9.86. The average Bonchev–Trinajstić information content (AvgIpc) is 3.11. The van der Waals surface area contributed by atoms with Crippen LogP contribution in [0.4, 0.5) is 0 Å². The molecule has 0 bridgehead atoms. The smallest absolute Gasteiger partial charge is 0.0829 e. The van der Waals surface area contributed by atoms with Gasteiger partial charge in [0.2, 0.25) is 0 Å². The standard InChI is InChI=1S/C14H10BrN/c15-13-6-5-12(14(9-16)7-8-14)10-3-1-2-4-11(10)13/h1-6H,7-8H2. The maximum atomic E-state index is 9.28. The Balaban J connectivity index is 2.36. The van der Waals surface area contributed by atoms with E-state index >= 15 is 0 Å². The van der Waals surface area contributed by atoms with Crippen LogP contribution in [-0.2, 0) is 5.41 Å². The molecule has 1 fully saturated rings. The van der Waals surface area contributed by atoms with E-state index in [1.807, 2.05) is 12.1 Å². The predicted molar refractivity (Wildman–Crippen MR) is 68.2 cm³/mol. The molecular weight excluding hydrogens is 262 g/mol. The van der Waals surface area contributed by atoms with Crippen molar-refractivity contribution in [3.8, 4) is 6.07 Å². The van der Waals surface area contributed by atoms with Gasteiger partial charge in [0.05, 0.1) is 11.5 Å². The molecule has 0 aliphatic heterocycles. The lowest BCUT2D eigenvalue weighted by molar-refractivity contribution is 0.920. The van der Waals surface area contributed by atoms with E-state index in [-0.39, 0.29) is 5.41 Å². The molecular formula is C14H10BrN. The average molecular weight is 272 g/mol. The van der Waals surface area contributed by atoms with Gasteiger partial charge in [-0.05, 0) is 35.2 Å². The molecule has 0 atom stereocenters. The van der Waals surface area contributed by atoms with E-state index in [1.165, 1.54) is 16.3 Å². The molecule has 16 heavy (non-hydrogen) atoms. The van der Waals surface area contributed by atoms with Crippen LogP contribution >= 0.6 is 15.9 Å². The topological polar surface area (TPSA) is 23.8 Å². The molecule has 1 aliphatic carbocycles. The van der Waals surface area contributed by atoms with Gasteiger partial charge in [0.25, 0.3) is 0 Å². The van der Waals surface area contributed by atoms with Crippen LogP contribution in [0.2, 0.25) is 0 Å². The molecule has 1 aliphatic rings. The lowest BCUT2D eigenvalue weighted by atomic mass is 9.92. The van der Waals surface area contributed by atoms with Gasteiger partial charge in [0.1, 0.15) is 0 Å². The molecule has 1 saturated carbocycles. The Kier molecular flexibility index (Phi) is 2.05. The van der Waals surface area contributed by atoms with Gasteiger partial charge in [-0.1, -0.05) is 46.3 Å². The summed E-state index contributed by atoms with van der Waals surface area (Å²) in [6.07, 6.45) is 1.99. The number of nitriles is 1. The number of hydrogen-bond acceptors (Lipinski definition) is 1. The molecule has 0 amide bonds. The molecule has 0 saturated heterocycles. The fourth-order valence-electron chi connectivity index (χ4n) is 2.25. The van der Waals surface area contributed by atoms with Gasteiger partial charge in [-0.25, -0.2) is 0 Å². The van der Waals surface area contributed by atoms with E-state index in [2.05, 4.69) is 46.3 Å². The van der Waals surface area contributed by atoms with Gasteiger partial charge < -0.3 is 0 Å². The van der Waals surface area contributed by atoms with Gasteiger partial charge >= 0.3 is 0 Å². The van der Waals surface area contributed by atoms with Crippen molar-refractivity contribution in [1.82, 2.24) is 0 Å². The fourth-order valence-corrected chi connectivity index (χ4v) is 2.72. The number of nitrogens with zero attached hydrogens (tertiary/aromatic N) is 1. The van der Waals surface area contributed by atoms with Crippen molar-refractivity contribution in [1.29, 1.82) is 5.26 Å². The van der Waals surface area contributed by atoms with Crippen LogP contribution < -0.4 is 0 Å². The first-order valence-corrected chi connectivity index (χ1v) is 6.15. The Morgan fingerprint density at radius 3 is 2.38 bits per heavy atom. The Morgan fingerprint density at radius 2 is 1.75 bits per heavy atom. The maximum Gasteiger partial charge on any atom is 0.0829 e. The third-order valence-corrected chi connectivity index (χ3v) is 4.04. The zero-order valence-electron chi connectivity index (χ0n) is 8.70. The van der Waals surface area contributed by atoms with Crippen LogP contribution in [0.25, 0.3) is 10.8 Å². The zero-order valence-corrected chi connectivity index (χ0v) is 10.3. The number of rotatable bonds is 1. The Bertz CT molecular complexity index is 606. The minimum Gasteiger partial charge on any atom is -0.197 e. The molecule has 1 nitrogen and oxygen atoms in total. The molecule has 78 valence electrons. The van der Waals surface area contributed by atoms with Gasteiger partial charge in [0.15, 0.2) is 0 Å². The molecule has 0 spiro atoms. The van der Waals surface area contributed by atoms with Crippen LogP contribution in [0, 0.1) is 11.3 Å². The molecule has 0 unspecified atom stereocenters. The fraction of sp³-hybridized carbons (Fsp3) is 0.214. The molecule has 0 aromatic heterocycles. The second kappa shape index (κ2) is 3.33. The quantitative estimate of drug-likeness (QED) is 0.764. The Labute approximate surface area is 103 Å². The maximum absolute atomic E-state index is 9.28. The van der Waals surface area contributed by atoms with Crippen molar-refractivity contribution >= 4 is 26.7 Å². The molecule has 0 N–H and O–H groups in total. The van der Waals surface area contributed by atoms with Crippen LogP contribution in [0.15, 0.2) is 40.9 Å². The van der Waals surface area contributed by atoms with Crippen molar-refractivity contribution in [2.24, 2.45) is 0 Å². The predicted octanol–water partition coefficient (Wildman–Crippen LogP) is 4.16. The summed E-state index contributed by atoms with van der Waals surface area (Å²) in [5.74, 6) is 0. The van der Waals surface area contributed by atoms with E-state index in [9.17, 15) is 5.26 Å². The number of halogens is 1. The molecule has 2 heteroatoms. The first-order chi connectivity index (χ1) is 7.77. The van der Waals surface area contributed by atoms with Gasteiger partial charge in [0, 0.05) is 4.47 Å². The van der Waals surface area contributed by atoms with Gasteiger partial charge in [-0.3, -0.25) is 0 Å². The van der Waals surface area contributed by atoms with Crippen LogP contribution in [0.5, 0.6) is 0 Å². The second-order valence-electron chi connectivity index (χ2n) is 4.33. The number of benzene rings is 2. The monoisotopic (exact) mass is 271 g/mol. The normalized spacial score (nSPS) is 17.0. The minimum absolute atomic E-state index is 0.208. The lowest BCUT2D eigenvalue weighted by Crippen LogP contribution is -2.03. The molecule has 2 aromatic rings. The van der Waals surface area contributed by atoms with Crippen LogP contribution in [0.1, 0.15) is 18.4 Å². The molecule has 3 rings (SSSR count). The highest BCUT2D eigenvalue weighted by Gasteiger charge is 2.45. The second-order valence-corrected chi connectivity index (χ2v) is 5.19.